The number of pyridine rings is 1. The van der Waals surface area contributed by atoms with E-state index in [4.69, 9.17) is 11.6 Å². The zero-order chi connectivity index (χ0) is 19.7. The molecule has 1 aliphatic rings. The highest BCUT2D eigenvalue weighted by Gasteiger charge is 2.18. The van der Waals surface area contributed by atoms with E-state index in [2.05, 4.69) is 4.90 Å². The van der Waals surface area contributed by atoms with Gasteiger partial charge in [0.15, 0.2) is 0 Å². The molecule has 0 radical (unpaired) electrons. The number of aromatic nitrogens is 2. The number of halogens is 3. The lowest BCUT2D eigenvalue weighted by Crippen LogP contribution is -2.37. The summed E-state index contributed by atoms with van der Waals surface area (Å²) >= 11 is 5.86. The number of hydrogen-bond acceptors (Lipinski definition) is 2. The minimum Gasteiger partial charge on any atom is -0.343 e. The third-order valence-electron chi connectivity index (χ3n) is 5.42. The van der Waals surface area contributed by atoms with Crippen molar-refractivity contribution >= 4 is 22.5 Å². The molecule has 0 N–H and O–H groups in total. The molecule has 1 saturated heterocycles. The van der Waals surface area contributed by atoms with Gasteiger partial charge in [-0.15, -0.1) is 0 Å². The Bertz CT molecular complexity index is 1040. The van der Waals surface area contributed by atoms with Crippen molar-refractivity contribution in [1.82, 2.24) is 14.0 Å². The predicted octanol–water partition coefficient (Wildman–Crippen LogP) is 4.08. The topological polar surface area (TPSA) is 30.2 Å². The molecule has 2 aromatic heterocycles. The van der Waals surface area contributed by atoms with Crippen LogP contribution in [0.5, 0.6) is 0 Å². The molecule has 7 heteroatoms. The first kappa shape index (κ1) is 19.2. The van der Waals surface area contributed by atoms with Crippen molar-refractivity contribution in [3.05, 3.63) is 69.5 Å². The minimum atomic E-state index is -0.689. The fraction of sp³-hybridized carbons (Fsp3) is 0.381. The first-order valence-electron chi connectivity index (χ1n) is 9.50. The van der Waals surface area contributed by atoms with Crippen molar-refractivity contribution in [2.75, 3.05) is 19.6 Å². The standard InChI is InChI=1S/C21H22ClF2N3O/c22-18-13-15(1-2-19(18)24)14-27-9-5-17-20(27)6-10-26(21(17)28)12-11-25-7-3-16(23)4-8-25/h1-2,5-6,9-10,13,16H,3-4,7-8,11-12,14H2. The monoisotopic (exact) mass is 405 g/mol. The highest BCUT2D eigenvalue weighted by molar-refractivity contribution is 6.30. The van der Waals surface area contributed by atoms with E-state index in [0.717, 1.165) is 30.7 Å². The molecule has 28 heavy (non-hydrogen) atoms. The third kappa shape index (κ3) is 3.98. The van der Waals surface area contributed by atoms with Gasteiger partial charge in [-0.2, -0.15) is 0 Å². The second-order valence-electron chi connectivity index (χ2n) is 7.32. The van der Waals surface area contributed by atoms with Gasteiger partial charge in [-0.3, -0.25) is 4.79 Å². The predicted molar refractivity (Wildman–Crippen MR) is 107 cm³/mol. The van der Waals surface area contributed by atoms with Crippen molar-refractivity contribution in [3.63, 3.8) is 0 Å². The van der Waals surface area contributed by atoms with Crippen LogP contribution in [0.25, 0.3) is 10.9 Å². The third-order valence-corrected chi connectivity index (χ3v) is 5.71. The maximum atomic E-state index is 13.3. The van der Waals surface area contributed by atoms with Crippen LogP contribution in [0.2, 0.25) is 5.02 Å². The summed E-state index contributed by atoms with van der Waals surface area (Å²) < 4.78 is 30.3. The lowest BCUT2D eigenvalue weighted by molar-refractivity contribution is 0.147. The molecule has 0 bridgehead atoms. The Morgan fingerprint density at radius 3 is 2.54 bits per heavy atom. The lowest BCUT2D eigenvalue weighted by atomic mass is 10.1. The first-order valence-corrected chi connectivity index (χ1v) is 9.88. The van der Waals surface area contributed by atoms with E-state index < -0.39 is 12.0 Å². The van der Waals surface area contributed by atoms with Crippen LogP contribution in [0.4, 0.5) is 8.78 Å². The largest absolute Gasteiger partial charge is 0.343 e. The van der Waals surface area contributed by atoms with Gasteiger partial charge in [0.25, 0.3) is 5.56 Å². The van der Waals surface area contributed by atoms with Crippen molar-refractivity contribution in [2.24, 2.45) is 0 Å². The number of alkyl halides is 1. The number of nitrogens with zero attached hydrogens (tertiary/aromatic N) is 3. The molecule has 4 nitrogen and oxygen atoms in total. The Balaban J connectivity index is 1.50. The molecule has 0 atom stereocenters. The van der Waals surface area contributed by atoms with Crippen LogP contribution >= 0.6 is 11.6 Å². The summed E-state index contributed by atoms with van der Waals surface area (Å²) in [4.78, 5) is 15.0. The molecule has 0 saturated carbocycles. The highest BCUT2D eigenvalue weighted by atomic mass is 35.5. The molecule has 4 rings (SSSR count). The Morgan fingerprint density at radius 1 is 1.04 bits per heavy atom. The first-order chi connectivity index (χ1) is 13.5. The Kier molecular flexibility index (Phi) is 5.51. The van der Waals surface area contributed by atoms with Gasteiger partial charge in [0.1, 0.15) is 12.0 Å². The number of likely N-dealkylation sites (tertiary alicyclic amines) is 1. The number of fused-ring (bicyclic) bond motifs is 1. The van der Waals surface area contributed by atoms with Gasteiger partial charge in [-0.1, -0.05) is 17.7 Å². The molecular formula is C21H22ClF2N3O. The van der Waals surface area contributed by atoms with Crippen LogP contribution in [-0.4, -0.2) is 39.8 Å². The van der Waals surface area contributed by atoms with Crippen molar-refractivity contribution in [3.8, 4) is 0 Å². The van der Waals surface area contributed by atoms with Crippen LogP contribution in [0.3, 0.4) is 0 Å². The quantitative estimate of drug-likeness (QED) is 0.640. The molecule has 3 aromatic rings. The number of benzene rings is 1. The Morgan fingerprint density at radius 2 is 1.79 bits per heavy atom. The van der Waals surface area contributed by atoms with E-state index in [-0.39, 0.29) is 10.6 Å². The Labute approximate surface area is 166 Å². The van der Waals surface area contributed by atoms with E-state index >= 15 is 0 Å². The maximum Gasteiger partial charge on any atom is 0.260 e. The normalized spacial score (nSPS) is 16.1. The summed E-state index contributed by atoms with van der Waals surface area (Å²) in [5, 5.41) is 0.742. The molecule has 1 fully saturated rings. The van der Waals surface area contributed by atoms with Gasteiger partial charge < -0.3 is 14.0 Å². The summed E-state index contributed by atoms with van der Waals surface area (Å²) in [6.07, 6.45) is 4.13. The molecule has 0 aliphatic carbocycles. The van der Waals surface area contributed by atoms with Crippen molar-refractivity contribution in [1.29, 1.82) is 0 Å². The van der Waals surface area contributed by atoms with Gasteiger partial charge in [0, 0.05) is 45.1 Å². The average Bonchev–Trinajstić information content (AvgIpc) is 3.09. The van der Waals surface area contributed by atoms with E-state index in [0.29, 0.717) is 31.3 Å². The number of rotatable bonds is 5. The van der Waals surface area contributed by atoms with Crippen LogP contribution in [0.15, 0.2) is 47.5 Å². The molecule has 0 unspecified atom stereocenters. The fourth-order valence-electron chi connectivity index (χ4n) is 3.76. The average molecular weight is 406 g/mol. The van der Waals surface area contributed by atoms with Crippen LogP contribution < -0.4 is 5.56 Å². The van der Waals surface area contributed by atoms with Gasteiger partial charge in [0.05, 0.1) is 15.9 Å². The zero-order valence-corrected chi connectivity index (χ0v) is 16.2. The second-order valence-corrected chi connectivity index (χ2v) is 7.73. The molecule has 0 amide bonds. The van der Waals surface area contributed by atoms with E-state index in [9.17, 15) is 13.6 Å². The summed E-state index contributed by atoms with van der Waals surface area (Å²) in [7, 11) is 0. The summed E-state index contributed by atoms with van der Waals surface area (Å²) in [5.74, 6) is -0.443. The molecule has 1 aliphatic heterocycles. The van der Waals surface area contributed by atoms with Crippen molar-refractivity contribution < 1.29 is 8.78 Å². The van der Waals surface area contributed by atoms with Crippen LogP contribution in [0.1, 0.15) is 18.4 Å². The smallest absolute Gasteiger partial charge is 0.260 e. The molecule has 1 aromatic carbocycles. The van der Waals surface area contributed by atoms with E-state index in [1.54, 1.807) is 22.9 Å². The molecule has 0 spiro atoms. The molecule has 148 valence electrons. The summed E-state index contributed by atoms with van der Waals surface area (Å²) in [6.45, 7) is 3.33. The fourth-order valence-corrected chi connectivity index (χ4v) is 3.96. The minimum absolute atomic E-state index is 0.0335. The lowest BCUT2D eigenvalue weighted by Gasteiger charge is -2.28. The number of piperidine rings is 1. The summed E-state index contributed by atoms with van der Waals surface area (Å²) in [6, 6.07) is 8.38. The summed E-state index contributed by atoms with van der Waals surface area (Å²) in [5.41, 5.74) is 1.66. The Hall–Kier alpha value is -2.18. The number of hydrogen-bond donors (Lipinski definition) is 0. The molecular weight excluding hydrogens is 384 g/mol. The van der Waals surface area contributed by atoms with Crippen LogP contribution in [0, 0.1) is 5.82 Å². The van der Waals surface area contributed by atoms with Gasteiger partial charge in [-0.05, 0) is 42.7 Å². The molecule has 3 heterocycles. The van der Waals surface area contributed by atoms with E-state index in [1.807, 2.05) is 22.9 Å². The zero-order valence-electron chi connectivity index (χ0n) is 15.5. The second kappa shape index (κ2) is 8.05. The maximum absolute atomic E-state index is 13.3. The van der Waals surface area contributed by atoms with E-state index in [1.165, 1.54) is 6.07 Å². The van der Waals surface area contributed by atoms with Gasteiger partial charge >= 0.3 is 0 Å². The van der Waals surface area contributed by atoms with Gasteiger partial charge in [0.2, 0.25) is 0 Å². The SMILES string of the molecule is O=c1c2ccn(Cc3ccc(F)c(Cl)c3)c2ccn1CCN1CCC(F)CC1. The highest BCUT2D eigenvalue weighted by Crippen LogP contribution is 2.19. The van der Waals surface area contributed by atoms with Gasteiger partial charge in [-0.25, -0.2) is 8.78 Å². The van der Waals surface area contributed by atoms with Crippen molar-refractivity contribution in [2.45, 2.75) is 32.1 Å². The van der Waals surface area contributed by atoms with Crippen LogP contribution in [-0.2, 0) is 13.1 Å².